The highest BCUT2D eigenvalue weighted by Crippen LogP contribution is 2.25. The topological polar surface area (TPSA) is 55.6 Å². The summed E-state index contributed by atoms with van der Waals surface area (Å²) in [6, 6.07) is 5.91. The van der Waals surface area contributed by atoms with Crippen molar-refractivity contribution in [1.82, 2.24) is 4.90 Å². The third kappa shape index (κ3) is 3.07. The van der Waals surface area contributed by atoms with Crippen LogP contribution in [0.4, 0.5) is 5.69 Å². The number of nitrogens with zero attached hydrogens (tertiary/aromatic N) is 1. The molecule has 0 fully saturated rings. The van der Waals surface area contributed by atoms with Gasteiger partial charge in [-0.1, -0.05) is 12.1 Å². The second kappa shape index (κ2) is 5.21. The SMILES string of the molecule is COC(C)(C)CC(=O)N1CCc2c(N)cccc2C1. The van der Waals surface area contributed by atoms with Crippen LogP contribution in [-0.4, -0.2) is 30.1 Å². The quantitative estimate of drug-likeness (QED) is 0.847. The molecule has 104 valence electrons. The minimum atomic E-state index is -0.410. The van der Waals surface area contributed by atoms with Crippen LogP contribution in [0, 0.1) is 0 Å². The molecule has 1 aliphatic heterocycles. The van der Waals surface area contributed by atoms with Crippen LogP contribution in [0.3, 0.4) is 0 Å². The lowest BCUT2D eigenvalue weighted by atomic mass is 9.96. The molecule has 0 aromatic heterocycles. The van der Waals surface area contributed by atoms with Crippen molar-refractivity contribution in [2.24, 2.45) is 0 Å². The largest absolute Gasteiger partial charge is 0.398 e. The van der Waals surface area contributed by atoms with Crippen LogP contribution in [-0.2, 0) is 22.5 Å². The van der Waals surface area contributed by atoms with E-state index in [-0.39, 0.29) is 5.91 Å². The third-order valence-electron chi connectivity index (χ3n) is 3.78. The van der Waals surface area contributed by atoms with Gasteiger partial charge in [0.15, 0.2) is 0 Å². The Hall–Kier alpha value is -1.55. The first-order valence-electron chi connectivity index (χ1n) is 6.62. The van der Waals surface area contributed by atoms with Crippen LogP contribution >= 0.6 is 0 Å². The second-order valence-electron chi connectivity index (χ2n) is 5.69. The Balaban J connectivity index is 2.08. The zero-order chi connectivity index (χ0) is 14.0. The Morgan fingerprint density at radius 2 is 2.21 bits per heavy atom. The summed E-state index contributed by atoms with van der Waals surface area (Å²) in [5, 5.41) is 0. The van der Waals surface area contributed by atoms with Gasteiger partial charge in [0, 0.05) is 25.9 Å². The molecule has 0 bridgehead atoms. The zero-order valence-electron chi connectivity index (χ0n) is 11.9. The summed E-state index contributed by atoms with van der Waals surface area (Å²) in [4.78, 5) is 14.2. The van der Waals surface area contributed by atoms with Gasteiger partial charge in [-0.2, -0.15) is 0 Å². The summed E-state index contributed by atoms with van der Waals surface area (Å²) in [6.07, 6.45) is 1.24. The number of nitrogen functional groups attached to an aromatic ring is 1. The maximum Gasteiger partial charge on any atom is 0.225 e. The summed E-state index contributed by atoms with van der Waals surface area (Å²) in [5.74, 6) is 0.139. The highest BCUT2D eigenvalue weighted by Gasteiger charge is 2.27. The first-order chi connectivity index (χ1) is 8.93. The molecule has 2 N–H and O–H groups in total. The van der Waals surface area contributed by atoms with Crippen molar-refractivity contribution in [3.8, 4) is 0 Å². The number of benzene rings is 1. The molecule has 0 atom stereocenters. The van der Waals surface area contributed by atoms with Gasteiger partial charge in [0.25, 0.3) is 0 Å². The second-order valence-corrected chi connectivity index (χ2v) is 5.69. The van der Waals surface area contributed by atoms with Crippen molar-refractivity contribution in [2.75, 3.05) is 19.4 Å². The fourth-order valence-corrected chi connectivity index (χ4v) is 2.40. The number of carbonyl (C=O) groups excluding carboxylic acids is 1. The van der Waals surface area contributed by atoms with E-state index in [0.717, 1.165) is 24.2 Å². The molecule has 0 spiro atoms. The van der Waals surface area contributed by atoms with Gasteiger partial charge in [0.2, 0.25) is 5.91 Å². The predicted octanol–water partition coefficient (Wildman–Crippen LogP) is 1.97. The van der Waals surface area contributed by atoms with Crippen molar-refractivity contribution >= 4 is 11.6 Å². The molecule has 1 aromatic rings. The van der Waals surface area contributed by atoms with Crippen LogP contribution in [0.1, 0.15) is 31.4 Å². The van der Waals surface area contributed by atoms with E-state index in [2.05, 4.69) is 0 Å². The molecule has 0 saturated carbocycles. The molecule has 1 aliphatic rings. The Morgan fingerprint density at radius 1 is 1.47 bits per heavy atom. The molecule has 0 unspecified atom stereocenters. The lowest BCUT2D eigenvalue weighted by Crippen LogP contribution is -2.40. The predicted molar refractivity (Wildman–Crippen MR) is 75.7 cm³/mol. The Bertz CT molecular complexity index is 483. The van der Waals surface area contributed by atoms with Crippen LogP contribution in [0.5, 0.6) is 0 Å². The normalized spacial score (nSPS) is 15.2. The van der Waals surface area contributed by atoms with Gasteiger partial charge in [-0.15, -0.1) is 0 Å². The summed E-state index contributed by atoms with van der Waals surface area (Å²) in [6.45, 7) is 5.25. The van der Waals surface area contributed by atoms with E-state index < -0.39 is 5.60 Å². The lowest BCUT2D eigenvalue weighted by molar-refractivity contribution is -0.137. The number of nitrogens with two attached hydrogens (primary N) is 1. The van der Waals surface area contributed by atoms with E-state index >= 15 is 0 Å². The number of hydrogen-bond acceptors (Lipinski definition) is 3. The van der Waals surface area contributed by atoms with Crippen molar-refractivity contribution in [2.45, 2.75) is 38.8 Å². The smallest absolute Gasteiger partial charge is 0.225 e. The van der Waals surface area contributed by atoms with Crippen molar-refractivity contribution in [3.05, 3.63) is 29.3 Å². The monoisotopic (exact) mass is 262 g/mol. The average Bonchev–Trinajstić information content (AvgIpc) is 2.38. The number of ether oxygens (including phenoxy) is 1. The van der Waals surface area contributed by atoms with Gasteiger partial charge in [-0.3, -0.25) is 4.79 Å². The highest BCUT2D eigenvalue weighted by atomic mass is 16.5. The van der Waals surface area contributed by atoms with Crippen molar-refractivity contribution in [3.63, 3.8) is 0 Å². The Morgan fingerprint density at radius 3 is 2.89 bits per heavy atom. The molecule has 0 aliphatic carbocycles. The van der Waals surface area contributed by atoms with Gasteiger partial charge < -0.3 is 15.4 Å². The number of hydrogen-bond donors (Lipinski definition) is 1. The molecule has 2 rings (SSSR count). The average molecular weight is 262 g/mol. The first kappa shape index (κ1) is 13.9. The summed E-state index contributed by atoms with van der Waals surface area (Å²) in [7, 11) is 1.64. The molecule has 1 amide bonds. The van der Waals surface area contributed by atoms with Gasteiger partial charge in [0.1, 0.15) is 0 Å². The van der Waals surface area contributed by atoms with Crippen molar-refractivity contribution in [1.29, 1.82) is 0 Å². The maximum atomic E-state index is 12.3. The minimum Gasteiger partial charge on any atom is -0.398 e. The van der Waals surface area contributed by atoms with E-state index in [9.17, 15) is 4.79 Å². The van der Waals surface area contributed by atoms with Crippen molar-refractivity contribution < 1.29 is 9.53 Å². The molecule has 4 heteroatoms. The molecule has 1 aromatic carbocycles. The van der Waals surface area contributed by atoms with Gasteiger partial charge in [-0.25, -0.2) is 0 Å². The summed E-state index contributed by atoms with van der Waals surface area (Å²) >= 11 is 0. The molecule has 4 nitrogen and oxygen atoms in total. The number of methoxy groups -OCH3 is 1. The van der Waals surface area contributed by atoms with Crippen LogP contribution < -0.4 is 5.73 Å². The fourth-order valence-electron chi connectivity index (χ4n) is 2.40. The third-order valence-corrected chi connectivity index (χ3v) is 3.78. The van der Waals surface area contributed by atoms with E-state index in [1.165, 1.54) is 5.56 Å². The minimum absolute atomic E-state index is 0.139. The van der Waals surface area contributed by atoms with E-state index in [1.54, 1.807) is 7.11 Å². The van der Waals surface area contributed by atoms with Crippen LogP contribution in [0.15, 0.2) is 18.2 Å². The maximum absolute atomic E-state index is 12.3. The van der Waals surface area contributed by atoms with E-state index in [4.69, 9.17) is 10.5 Å². The van der Waals surface area contributed by atoms with E-state index in [0.29, 0.717) is 13.0 Å². The number of rotatable bonds is 3. The first-order valence-corrected chi connectivity index (χ1v) is 6.62. The molecular weight excluding hydrogens is 240 g/mol. The van der Waals surface area contributed by atoms with Gasteiger partial charge >= 0.3 is 0 Å². The molecular formula is C15H22N2O2. The number of fused-ring (bicyclic) bond motifs is 1. The lowest BCUT2D eigenvalue weighted by Gasteiger charge is -2.32. The molecule has 0 saturated heterocycles. The molecule has 0 radical (unpaired) electrons. The summed E-state index contributed by atoms with van der Waals surface area (Å²) < 4.78 is 5.32. The number of anilines is 1. The van der Waals surface area contributed by atoms with Gasteiger partial charge in [-0.05, 0) is 37.5 Å². The number of amides is 1. The van der Waals surface area contributed by atoms with E-state index in [1.807, 2.05) is 36.9 Å². The summed E-state index contributed by atoms with van der Waals surface area (Å²) in [5.41, 5.74) is 8.74. The van der Waals surface area contributed by atoms with Crippen LogP contribution in [0.25, 0.3) is 0 Å². The fraction of sp³-hybridized carbons (Fsp3) is 0.533. The molecule has 19 heavy (non-hydrogen) atoms. The number of carbonyl (C=O) groups is 1. The highest BCUT2D eigenvalue weighted by molar-refractivity contribution is 5.77. The Labute approximate surface area is 114 Å². The zero-order valence-corrected chi connectivity index (χ0v) is 11.9. The van der Waals surface area contributed by atoms with Gasteiger partial charge in [0.05, 0.1) is 12.0 Å². The Kier molecular flexibility index (Phi) is 3.80. The standard InChI is InChI=1S/C15H22N2O2/c1-15(2,19-3)9-14(18)17-8-7-12-11(10-17)5-4-6-13(12)16/h4-6H,7-10,16H2,1-3H3. The molecule has 1 heterocycles. The van der Waals surface area contributed by atoms with Crippen LogP contribution in [0.2, 0.25) is 0 Å².